The fourth-order valence-corrected chi connectivity index (χ4v) is 2.76. The Morgan fingerprint density at radius 2 is 2.39 bits per heavy atom. The molecule has 0 bridgehead atoms. The Bertz CT molecular complexity index is 400. The van der Waals surface area contributed by atoms with E-state index in [1.165, 1.54) is 26.4 Å². The summed E-state index contributed by atoms with van der Waals surface area (Å²) in [7, 11) is 1.41. The second kappa shape index (κ2) is 6.05. The summed E-state index contributed by atoms with van der Waals surface area (Å²) in [6.07, 6.45) is 5.80. The van der Waals surface area contributed by atoms with E-state index in [1.807, 2.05) is 0 Å². The molecule has 0 radical (unpaired) electrons. The van der Waals surface area contributed by atoms with Gasteiger partial charge in [0.2, 0.25) is 0 Å². The van der Waals surface area contributed by atoms with Crippen LogP contribution in [0, 0.1) is 11.8 Å². The molecule has 100 valence electrons. The number of ether oxygens (including phenoxy) is 1. The summed E-state index contributed by atoms with van der Waals surface area (Å²) in [6, 6.07) is 1.76. The summed E-state index contributed by atoms with van der Waals surface area (Å²) in [6.45, 7) is 4.05. The minimum Gasteiger partial charge on any atom is -0.465 e. The first-order valence-electron chi connectivity index (χ1n) is 6.67. The van der Waals surface area contributed by atoms with Crippen LogP contribution in [0.5, 0.6) is 0 Å². The zero-order valence-electron chi connectivity index (χ0n) is 11.2. The molecular formula is C14H22N2O2. The quantitative estimate of drug-likeness (QED) is 0.789. The van der Waals surface area contributed by atoms with Gasteiger partial charge in [-0.05, 0) is 30.9 Å². The molecule has 2 unspecified atom stereocenters. The summed E-state index contributed by atoms with van der Waals surface area (Å²) in [4.78, 5) is 14.6. The SMILES string of the molecule is COC(=O)c1cc[nH]c1CNCC1CCCC1C. The lowest BCUT2D eigenvalue weighted by atomic mass is 9.98. The number of aromatic amines is 1. The molecule has 0 amide bonds. The summed E-state index contributed by atoms with van der Waals surface area (Å²) >= 11 is 0. The third kappa shape index (κ3) is 2.93. The second-order valence-electron chi connectivity index (χ2n) is 5.16. The van der Waals surface area contributed by atoms with Crippen LogP contribution in [-0.4, -0.2) is 24.6 Å². The van der Waals surface area contributed by atoms with E-state index in [1.54, 1.807) is 12.3 Å². The Balaban J connectivity index is 1.83. The van der Waals surface area contributed by atoms with Gasteiger partial charge < -0.3 is 15.0 Å². The number of nitrogens with one attached hydrogen (secondary N) is 2. The number of hydrogen-bond donors (Lipinski definition) is 2. The maximum absolute atomic E-state index is 11.5. The van der Waals surface area contributed by atoms with E-state index in [9.17, 15) is 4.79 Å². The molecule has 1 aliphatic rings. The minimum atomic E-state index is -0.276. The maximum atomic E-state index is 11.5. The van der Waals surface area contributed by atoms with E-state index in [-0.39, 0.29) is 5.97 Å². The first-order chi connectivity index (χ1) is 8.72. The van der Waals surface area contributed by atoms with E-state index in [2.05, 4.69) is 17.2 Å². The Kier molecular flexibility index (Phi) is 4.42. The summed E-state index contributed by atoms with van der Waals surface area (Å²) in [5, 5.41) is 3.44. The molecule has 4 nitrogen and oxygen atoms in total. The molecule has 4 heteroatoms. The van der Waals surface area contributed by atoms with Crippen molar-refractivity contribution in [1.82, 2.24) is 10.3 Å². The van der Waals surface area contributed by atoms with Crippen LogP contribution < -0.4 is 5.32 Å². The van der Waals surface area contributed by atoms with Gasteiger partial charge in [0.05, 0.1) is 12.7 Å². The normalized spacial score (nSPS) is 23.2. The van der Waals surface area contributed by atoms with E-state index in [4.69, 9.17) is 4.74 Å². The van der Waals surface area contributed by atoms with Gasteiger partial charge in [-0.3, -0.25) is 0 Å². The number of hydrogen-bond acceptors (Lipinski definition) is 3. The highest BCUT2D eigenvalue weighted by Gasteiger charge is 2.22. The molecule has 0 spiro atoms. The van der Waals surface area contributed by atoms with Crippen LogP contribution >= 0.6 is 0 Å². The van der Waals surface area contributed by atoms with Crippen LogP contribution in [0.1, 0.15) is 42.2 Å². The van der Waals surface area contributed by atoms with Crippen molar-refractivity contribution in [3.8, 4) is 0 Å². The lowest BCUT2D eigenvalue weighted by molar-refractivity contribution is 0.0599. The highest BCUT2D eigenvalue weighted by Crippen LogP contribution is 2.30. The van der Waals surface area contributed by atoms with Crippen LogP contribution in [-0.2, 0) is 11.3 Å². The molecule has 1 aromatic heterocycles. The molecule has 2 N–H and O–H groups in total. The molecule has 0 saturated heterocycles. The van der Waals surface area contributed by atoms with Gasteiger partial charge in [0.25, 0.3) is 0 Å². The third-order valence-electron chi connectivity index (χ3n) is 3.99. The molecule has 0 aliphatic heterocycles. The van der Waals surface area contributed by atoms with Crippen LogP contribution in [0.3, 0.4) is 0 Å². The number of methoxy groups -OCH3 is 1. The van der Waals surface area contributed by atoms with Gasteiger partial charge in [-0.15, -0.1) is 0 Å². The summed E-state index contributed by atoms with van der Waals surface area (Å²) in [5.74, 6) is 1.32. The highest BCUT2D eigenvalue weighted by molar-refractivity contribution is 5.90. The standard InChI is InChI=1S/C14H22N2O2/c1-10-4-3-5-11(10)8-15-9-13-12(6-7-16-13)14(17)18-2/h6-7,10-11,15-16H,3-5,8-9H2,1-2H3. The fraction of sp³-hybridized carbons (Fsp3) is 0.643. The number of aromatic nitrogens is 1. The van der Waals surface area contributed by atoms with Gasteiger partial charge >= 0.3 is 5.97 Å². The van der Waals surface area contributed by atoms with Crippen molar-refractivity contribution < 1.29 is 9.53 Å². The monoisotopic (exact) mass is 250 g/mol. The first kappa shape index (κ1) is 13.1. The van der Waals surface area contributed by atoms with Gasteiger partial charge in [-0.1, -0.05) is 19.8 Å². The largest absolute Gasteiger partial charge is 0.465 e. The maximum Gasteiger partial charge on any atom is 0.339 e. The number of rotatable bonds is 5. The van der Waals surface area contributed by atoms with E-state index >= 15 is 0 Å². The Labute approximate surface area is 108 Å². The van der Waals surface area contributed by atoms with E-state index in [0.29, 0.717) is 12.1 Å². The van der Waals surface area contributed by atoms with Crippen molar-refractivity contribution in [3.05, 3.63) is 23.5 Å². The van der Waals surface area contributed by atoms with Crippen molar-refractivity contribution >= 4 is 5.97 Å². The van der Waals surface area contributed by atoms with Crippen molar-refractivity contribution in [2.24, 2.45) is 11.8 Å². The third-order valence-corrected chi connectivity index (χ3v) is 3.99. The van der Waals surface area contributed by atoms with Crippen LogP contribution in [0.4, 0.5) is 0 Å². The van der Waals surface area contributed by atoms with Crippen molar-refractivity contribution in [2.45, 2.75) is 32.7 Å². The number of esters is 1. The molecule has 18 heavy (non-hydrogen) atoms. The summed E-state index contributed by atoms with van der Waals surface area (Å²) < 4.78 is 4.75. The van der Waals surface area contributed by atoms with Gasteiger partial charge in [0.1, 0.15) is 0 Å². The van der Waals surface area contributed by atoms with Crippen molar-refractivity contribution in [3.63, 3.8) is 0 Å². The van der Waals surface area contributed by atoms with E-state index in [0.717, 1.165) is 24.1 Å². The van der Waals surface area contributed by atoms with Crippen LogP contribution in [0.15, 0.2) is 12.3 Å². The second-order valence-corrected chi connectivity index (χ2v) is 5.16. The summed E-state index contributed by atoms with van der Waals surface area (Å²) in [5.41, 5.74) is 1.54. The van der Waals surface area contributed by atoms with Gasteiger partial charge in [0, 0.05) is 18.4 Å². The number of H-pyrrole nitrogens is 1. The average molecular weight is 250 g/mol. The van der Waals surface area contributed by atoms with Gasteiger partial charge in [0.15, 0.2) is 0 Å². The number of carbonyl (C=O) groups is 1. The predicted octanol–water partition coefficient (Wildman–Crippen LogP) is 2.33. The Morgan fingerprint density at radius 1 is 1.56 bits per heavy atom. The highest BCUT2D eigenvalue weighted by atomic mass is 16.5. The molecule has 1 saturated carbocycles. The predicted molar refractivity (Wildman–Crippen MR) is 70.3 cm³/mol. The average Bonchev–Trinajstić information content (AvgIpc) is 2.98. The van der Waals surface area contributed by atoms with Gasteiger partial charge in [-0.2, -0.15) is 0 Å². The zero-order valence-corrected chi connectivity index (χ0v) is 11.2. The first-order valence-corrected chi connectivity index (χ1v) is 6.67. The molecule has 1 aliphatic carbocycles. The molecule has 0 aromatic carbocycles. The van der Waals surface area contributed by atoms with Gasteiger partial charge in [-0.25, -0.2) is 4.79 Å². The molecule has 1 fully saturated rings. The molecule has 2 rings (SSSR count). The van der Waals surface area contributed by atoms with Crippen molar-refractivity contribution in [2.75, 3.05) is 13.7 Å². The Morgan fingerprint density at radius 3 is 3.06 bits per heavy atom. The zero-order chi connectivity index (χ0) is 13.0. The minimum absolute atomic E-state index is 0.276. The molecular weight excluding hydrogens is 228 g/mol. The van der Waals surface area contributed by atoms with Crippen LogP contribution in [0.2, 0.25) is 0 Å². The molecule has 1 aromatic rings. The topological polar surface area (TPSA) is 54.1 Å². The Hall–Kier alpha value is -1.29. The van der Waals surface area contributed by atoms with Crippen molar-refractivity contribution in [1.29, 1.82) is 0 Å². The van der Waals surface area contributed by atoms with Crippen LogP contribution in [0.25, 0.3) is 0 Å². The lowest BCUT2D eigenvalue weighted by Crippen LogP contribution is -2.24. The molecule has 1 heterocycles. The smallest absolute Gasteiger partial charge is 0.339 e. The molecule has 2 atom stereocenters. The lowest BCUT2D eigenvalue weighted by Gasteiger charge is -2.15. The fourth-order valence-electron chi connectivity index (χ4n) is 2.76. The number of carbonyl (C=O) groups excluding carboxylic acids is 1. The van der Waals surface area contributed by atoms with E-state index < -0.39 is 0 Å².